The summed E-state index contributed by atoms with van der Waals surface area (Å²) in [5.74, 6) is 1.30. The predicted molar refractivity (Wildman–Crippen MR) is 73.7 cm³/mol. The van der Waals surface area contributed by atoms with Crippen LogP contribution in [0, 0.1) is 0 Å². The van der Waals surface area contributed by atoms with Crippen molar-refractivity contribution < 1.29 is 13.9 Å². The van der Waals surface area contributed by atoms with E-state index in [9.17, 15) is 4.39 Å². The fourth-order valence-electron chi connectivity index (χ4n) is 2.55. The molecule has 1 unspecified atom stereocenters. The molecule has 19 heavy (non-hydrogen) atoms. The van der Waals surface area contributed by atoms with Gasteiger partial charge in [0.2, 0.25) is 0 Å². The molecule has 0 radical (unpaired) electrons. The first-order valence-electron chi connectivity index (χ1n) is 6.66. The van der Waals surface area contributed by atoms with Crippen LogP contribution in [0.1, 0.15) is 43.9 Å². The molecule has 1 fully saturated rings. The number of halogens is 1. The molecule has 1 aromatic rings. The van der Waals surface area contributed by atoms with Crippen molar-refractivity contribution in [2.45, 2.75) is 38.4 Å². The number of ether oxygens (including phenoxy) is 2. The summed E-state index contributed by atoms with van der Waals surface area (Å²) in [4.78, 5) is 0. The van der Waals surface area contributed by atoms with Gasteiger partial charge in [-0.2, -0.15) is 0 Å². The molecule has 2 rings (SSSR count). The molecule has 106 valence electrons. The highest BCUT2D eigenvalue weighted by Gasteiger charge is 2.27. The average molecular weight is 267 g/mol. The van der Waals surface area contributed by atoms with Crippen LogP contribution in [-0.2, 0) is 5.67 Å². The van der Waals surface area contributed by atoms with E-state index < -0.39 is 5.67 Å². The summed E-state index contributed by atoms with van der Waals surface area (Å²) in [6.45, 7) is 4.10. The molecule has 1 N–H and O–H groups in total. The lowest BCUT2D eigenvalue weighted by Crippen LogP contribution is -2.17. The van der Waals surface area contributed by atoms with Gasteiger partial charge in [0.15, 0.2) is 11.5 Å². The molecule has 1 saturated heterocycles. The zero-order valence-corrected chi connectivity index (χ0v) is 12.0. The number of benzene rings is 1. The van der Waals surface area contributed by atoms with Crippen molar-refractivity contribution in [1.82, 2.24) is 5.32 Å². The number of nitrogens with one attached hydrogen (secondary N) is 1. The second kappa shape index (κ2) is 5.37. The molecule has 3 nitrogen and oxygen atoms in total. The quantitative estimate of drug-likeness (QED) is 0.907. The number of methoxy groups -OCH3 is 2. The van der Waals surface area contributed by atoms with Crippen LogP contribution in [0.2, 0.25) is 0 Å². The molecule has 0 saturated carbocycles. The van der Waals surface area contributed by atoms with Gasteiger partial charge in [-0.1, -0.05) is 0 Å². The highest BCUT2D eigenvalue weighted by Crippen LogP contribution is 2.41. The second-order valence-electron chi connectivity index (χ2n) is 5.42. The lowest BCUT2D eigenvalue weighted by molar-refractivity contribution is 0.220. The zero-order chi connectivity index (χ0) is 14.0. The van der Waals surface area contributed by atoms with Crippen molar-refractivity contribution in [3.63, 3.8) is 0 Å². The summed E-state index contributed by atoms with van der Waals surface area (Å²) in [5, 5.41) is 3.42. The minimum Gasteiger partial charge on any atom is -0.493 e. The zero-order valence-electron chi connectivity index (χ0n) is 12.0. The number of rotatable bonds is 4. The third kappa shape index (κ3) is 2.84. The Kier molecular flexibility index (Phi) is 3.99. The van der Waals surface area contributed by atoms with Crippen LogP contribution >= 0.6 is 0 Å². The van der Waals surface area contributed by atoms with Crippen LogP contribution in [0.15, 0.2) is 12.1 Å². The Bertz CT molecular complexity index is 448. The first-order chi connectivity index (χ1) is 8.97. The normalized spacial score (nSPS) is 19.5. The monoisotopic (exact) mass is 267 g/mol. The lowest BCUT2D eigenvalue weighted by Gasteiger charge is -2.22. The number of hydrogen-bond acceptors (Lipinski definition) is 3. The third-order valence-corrected chi connectivity index (χ3v) is 3.63. The molecule has 4 heteroatoms. The average Bonchev–Trinajstić information content (AvgIpc) is 2.89. The Hall–Kier alpha value is -1.29. The topological polar surface area (TPSA) is 30.5 Å². The fraction of sp³-hybridized carbons (Fsp3) is 0.600. The molecule has 1 atom stereocenters. The van der Waals surface area contributed by atoms with Crippen LogP contribution in [0.5, 0.6) is 11.5 Å². The minimum absolute atomic E-state index is 0.214. The Balaban J connectivity index is 2.54. The Morgan fingerprint density at radius 3 is 2.47 bits per heavy atom. The molecule has 0 aromatic heterocycles. The van der Waals surface area contributed by atoms with Gasteiger partial charge in [-0.3, -0.25) is 0 Å². The van der Waals surface area contributed by atoms with Crippen molar-refractivity contribution in [2.75, 3.05) is 20.8 Å². The highest BCUT2D eigenvalue weighted by molar-refractivity contribution is 5.52. The van der Waals surface area contributed by atoms with E-state index in [0.29, 0.717) is 17.1 Å². The molecule has 0 amide bonds. The number of hydrogen-bond donors (Lipinski definition) is 1. The van der Waals surface area contributed by atoms with E-state index >= 15 is 0 Å². The maximum Gasteiger partial charge on any atom is 0.165 e. The molecule has 0 bridgehead atoms. The Morgan fingerprint density at radius 1 is 1.26 bits per heavy atom. The smallest absolute Gasteiger partial charge is 0.165 e. The molecule has 1 heterocycles. The van der Waals surface area contributed by atoms with E-state index in [2.05, 4.69) is 5.32 Å². The van der Waals surface area contributed by atoms with E-state index in [-0.39, 0.29) is 6.04 Å². The van der Waals surface area contributed by atoms with Gasteiger partial charge in [0.25, 0.3) is 0 Å². The van der Waals surface area contributed by atoms with Gasteiger partial charge < -0.3 is 14.8 Å². The van der Waals surface area contributed by atoms with Crippen molar-refractivity contribution in [1.29, 1.82) is 0 Å². The third-order valence-electron chi connectivity index (χ3n) is 3.63. The van der Waals surface area contributed by atoms with E-state index in [1.807, 2.05) is 6.07 Å². The molecule has 1 aromatic carbocycles. The van der Waals surface area contributed by atoms with Gasteiger partial charge in [-0.15, -0.1) is 0 Å². The van der Waals surface area contributed by atoms with Gasteiger partial charge in [-0.25, -0.2) is 4.39 Å². The van der Waals surface area contributed by atoms with Crippen molar-refractivity contribution in [2.24, 2.45) is 0 Å². The largest absolute Gasteiger partial charge is 0.493 e. The van der Waals surface area contributed by atoms with Crippen molar-refractivity contribution in [3.05, 3.63) is 23.3 Å². The summed E-state index contributed by atoms with van der Waals surface area (Å²) >= 11 is 0. The van der Waals surface area contributed by atoms with Crippen molar-refractivity contribution in [3.8, 4) is 11.5 Å². The van der Waals surface area contributed by atoms with Crippen LogP contribution in [0.4, 0.5) is 4.39 Å². The molecule has 0 aliphatic carbocycles. The molecule has 1 aliphatic rings. The van der Waals surface area contributed by atoms with Gasteiger partial charge in [-0.05, 0) is 50.9 Å². The molecule has 0 spiro atoms. The van der Waals surface area contributed by atoms with Crippen LogP contribution in [0.25, 0.3) is 0 Å². The number of alkyl halides is 1. The highest BCUT2D eigenvalue weighted by atomic mass is 19.1. The molecular formula is C15H22FNO2. The van der Waals surface area contributed by atoms with Crippen LogP contribution in [0.3, 0.4) is 0 Å². The van der Waals surface area contributed by atoms with E-state index in [1.54, 1.807) is 34.1 Å². The van der Waals surface area contributed by atoms with E-state index in [4.69, 9.17) is 9.47 Å². The van der Waals surface area contributed by atoms with E-state index in [1.165, 1.54) is 0 Å². The maximum absolute atomic E-state index is 14.2. The fourth-order valence-corrected chi connectivity index (χ4v) is 2.55. The van der Waals surface area contributed by atoms with Gasteiger partial charge in [0, 0.05) is 11.6 Å². The Labute approximate surface area is 114 Å². The summed E-state index contributed by atoms with van der Waals surface area (Å²) in [6, 6.07) is 3.83. The summed E-state index contributed by atoms with van der Waals surface area (Å²) in [7, 11) is 3.20. The van der Waals surface area contributed by atoms with Crippen LogP contribution in [-0.4, -0.2) is 20.8 Å². The lowest BCUT2D eigenvalue weighted by atomic mass is 9.93. The van der Waals surface area contributed by atoms with Crippen LogP contribution < -0.4 is 14.8 Å². The van der Waals surface area contributed by atoms with E-state index in [0.717, 1.165) is 24.9 Å². The van der Waals surface area contributed by atoms with Gasteiger partial charge in [0.05, 0.1) is 14.2 Å². The second-order valence-corrected chi connectivity index (χ2v) is 5.42. The minimum atomic E-state index is -1.40. The van der Waals surface area contributed by atoms with Crippen molar-refractivity contribution >= 4 is 0 Å². The van der Waals surface area contributed by atoms with Gasteiger partial charge >= 0.3 is 0 Å². The molecule has 1 aliphatic heterocycles. The molecular weight excluding hydrogens is 245 g/mol. The predicted octanol–water partition coefficient (Wildman–Crippen LogP) is 3.33. The Morgan fingerprint density at radius 2 is 2.00 bits per heavy atom. The standard InChI is InChI=1S/C15H22FNO2/c1-15(2,16)10-8-11(12-6-5-7-17-12)14(19-4)13(9-10)18-3/h8-9,12,17H,5-7H2,1-4H3. The summed E-state index contributed by atoms with van der Waals surface area (Å²) in [6.07, 6.45) is 2.16. The first kappa shape index (κ1) is 14.1. The summed E-state index contributed by atoms with van der Waals surface area (Å²) in [5.41, 5.74) is 0.210. The summed E-state index contributed by atoms with van der Waals surface area (Å²) < 4.78 is 25.0. The first-order valence-corrected chi connectivity index (χ1v) is 6.66. The van der Waals surface area contributed by atoms with Gasteiger partial charge in [0.1, 0.15) is 5.67 Å². The SMILES string of the molecule is COc1cc(C(C)(C)F)cc(C2CCCN2)c1OC. The maximum atomic E-state index is 14.2.